The van der Waals surface area contributed by atoms with Gasteiger partial charge < -0.3 is 0 Å². The van der Waals surface area contributed by atoms with Gasteiger partial charge in [0.2, 0.25) is 29.3 Å². The second-order valence-corrected chi connectivity index (χ2v) is 11.2. The van der Waals surface area contributed by atoms with Crippen LogP contribution in [-0.2, 0) is 24.2 Å². The first-order valence-corrected chi connectivity index (χ1v) is 13.1. The Morgan fingerprint density at radius 3 is 2.40 bits per heavy atom. The molecule has 1 saturated heterocycles. The predicted molar refractivity (Wildman–Crippen MR) is 100 cm³/mol. The Morgan fingerprint density at radius 2 is 1.88 bits per heavy atom. The molecule has 1 aliphatic heterocycles. The van der Waals surface area contributed by atoms with Crippen LogP contribution in [0.3, 0.4) is 0 Å². The summed E-state index contributed by atoms with van der Waals surface area (Å²) in [6, 6.07) is 0. The molecule has 12 heteroatoms. The highest BCUT2D eigenvalue weighted by Crippen LogP contribution is 2.34. The largest absolute Gasteiger partial charge is 0.289 e. The first-order valence-electron chi connectivity index (χ1n) is 8.03. The van der Waals surface area contributed by atoms with E-state index in [1.165, 1.54) is 16.7 Å². The minimum atomic E-state index is -3.35. The van der Waals surface area contributed by atoms with Gasteiger partial charge in [-0.3, -0.25) is 29.2 Å². The molecular formula is C13H27N4O5PS2. The maximum atomic E-state index is 12.9. The topological polar surface area (TPSA) is 125 Å². The SMILES string of the molecule is CCCNP(=O)(CCNS(C)(=O)=O)NCCN1C(=O)CC(SC)C1=O. The van der Waals surface area contributed by atoms with E-state index in [9.17, 15) is 22.6 Å². The number of carbonyl (C=O) groups excluding carboxylic acids is 2. The van der Waals surface area contributed by atoms with Crippen molar-refractivity contribution in [1.82, 2.24) is 19.8 Å². The predicted octanol–water partition coefficient (Wildman–Crippen LogP) is -0.192. The minimum absolute atomic E-state index is 0.0376. The van der Waals surface area contributed by atoms with Gasteiger partial charge in [0.1, 0.15) is 0 Å². The Kier molecular flexibility index (Phi) is 9.07. The van der Waals surface area contributed by atoms with Crippen LogP contribution in [0.1, 0.15) is 19.8 Å². The quantitative estimate of drug-likeness (QED) is 0.296. The van der Waals surface area contributed by atoms with Gasteiger partial charge in [-0.1, -0.05) is 6.92 Å². The molecule has 0 bridgehead atoms. The Balaban J connectivity index is 2.56. The highest BCUT2D eigenvalue weighted by Gasteiger charge is 2.37. The first kappa shape index (κ1) is 22.6. The summed E-state index contributed by atoms with van der Waals surface area (Å²) < 4.78 is 37.4. The van der Waals surface area contributed by atoms with E-state index >= 15 is 0 Å². The minimum Gasteiger partial charge on any atom is -0.289 e. The smallest absolute Gasteiger partial charge is 0.242 e. The number of carbonyl (C=O) groups is 2. The molecule has 1 rings (SSSR count). The molecule has 3 N–H and O–H groups in total. The number of nitrogens with one attached hydrogen (secondary N) is 3. The lowest BCUT2D eigenvalue weighted by Crippen LogP contribution is -2.39. The lowest BCUT2D eigenvalue weighted by molar-refractivity contribution is -0.138. The van der Waals surface area contributed by atoms with Crippen LogP contribution in [0.5, 0.6) is 0 Å². The van der Waals surface area contributed by atoms with Crippen LogP contribution in [0.25, 0.3) is 0 Å². The van der Waals surface area contributed by atoms with Crippen molar-refractivity contribution >= 4 is 41.0 Å². The molecule has 2 unspecified atom stereocenters. The number of nitrogens with zero attached hydrogens (tertiary/aromatic N) is 1. The molecule has 0 aliphatic carbocycles. The number of amides is 2. The number of rotatable bonds is 12. The lowest BCUT2D eigenvalue weighted by Gasteiger charge is -2.22. The van der Waals surface area contributed by atoms with Crippen LogP contribution in [0.15, 0.2) is 0 Å². The zero-order valence-electron chi connectivity index (χ0n) is 14.8. The summed E-state index contributed by atoms with van der Waals surface area (Å²) in [6.07, 6.45) is 3.88. The Bertz CT molecular complexity index is 628. The van der Waals surface area contributed by atoms with Crippen molar-refractivity contribution in [3.8, 4) is 0 Å². The van der Waals surface area contributed by atoms with Crippen LogP contribution in [0, 0.1) is 0 Å². The summed E-state index contributed by atoms with van der Waals surface area (Å²) in [5, 5.41) is 5.46. The van der Waals surface area contributed by atoms with Crippen molar-refractivity contribution in [2.24, 2.45) is 0 Å². The van der Waals surface area contributed by atoms with Gasteiger partial charge in [0.05, 0.1) is 11.5 Å². The van der Waals surface area contributed by atoms with E-state index in [4.69, 9.17) is 0 Å². The summed E-state index contributed by atoms with van der Waals surface area (Å²) >= 11 is 1.35. The van der Waals surface area contributed by atoms with Crippen molar-refractivity contribution in [3.63, 3.8) is 0 Å². The fraction of sp³-hybridized carbons (Fsp3) is 0.846. The zero-order chi connectivity index (χ0) is 19.1. The Labute approximate surface area is 153 Å². The summed E-state index contributed by atoms with van der Waals surface area (Å²) in [5.74, 6) is -0.435. The lowest BCUT2D eigenvalue weighted by atomic mass is 10.4. The molecule has 0 saturated carbocycles. The van der Waals surface area contributed by atoms with Gasteiger partial charge in [0.25, 0.3) is 0 Å². The van der Waals surface area contributed by atoms with Gasteiger partial charge in [0.15, 0.2) is 0 Å². The molecule has 0 radical (unpaired) electrons. The maximum Gasteiger partial charge on any atom is 0.242 e. The van der Waals surface area contributed by atoms with E-state index in [0.717, 1.165) is 12.7 Å². The standard InChI is InChI=1S/C13H27N4O5PS2/c1-4-5-14-23(20,9-7-16-25(3,21)22)15-6-8-17-12(18)10-11(24-2)13(17)19/h11,16H,4-10H2,1-3H3,(H2,14,15,20). The summed E-state index contributed by atoms with van der Waals surface area (Å²) in [7, 11) is -6.37. The van der Waals surface area contributed by atoms with E-state index in [0.29, 0.717) is 6.54 Å². The van der Waals surface area contributed by atoms with Crippen molar-refractivity contribution in [2.45, 2.75) is 25.0 Å². The fourth-order valence-corrected chi connectivity index (χ4v) is 5.47. The molecule has 0 aromatic rings. The molecule has 9 nitrogen and oxygen atoms in total. The average Bonchev–Trinajstić information content (AvgIpc) is 2.79. The van der Waals surface area contributed by atoms with E-state index in [1.807, 2.05) is 6.92 Å². The first-order chi connectivity index (χ1) is 11.6. The van der Waals surface area contributed by atoms with Gasteiger partial charge in [-0.05, 0) is 12.7 Å². The summed E-state index contributed by atoms with van der Waals surface area (Å²) in [4.78, 5) is 25.1. The van der Waals surface area contributed by atoms with E-state index in [2.05, 4.69) is 14.9 Å². The molecule has 25 heavy (non-hydrogen) atoms. The number of imide groups is 1. The number of likely N-dealkylation sites (tertiary alicyclic amines) is 1. The van der Waals surface area contributed by atoms with Crippen molar-refractivity contribution < 1.29 is 22.6 Å². The highest BCUT2D eigenvalue weighted by atomic mass is 32.2. The molecular weight excluding hydrogens is 387 g/mol. The van der Waals surface area contributed by atoms with Crippen LogP contribution < -0.4 is 14.9 Å². The second kappa shape index (κ2) is 10.0. The van der Waals surface area contributed by atoms with Gasteiger partial charge >= 0.3 is 0 Å². The fourth-order valence-electron chi connectivity index (χ4n) is 2.31. The molecule has 1 fully saturated rings. The summed E-state index contributed by atoms with van der Waals surface area (Å²) in [6.45, 7) is 2.81. The highest BCUT2D eigenvalue weighted by molar-refractivity contribution is 8.00. The van der Waals surface area contributed by atoms with Crippen molar-refractivity contribution in [1.29, 1.82) is 0 Å². The number of hydrogen-bond donors (Lipinski definition) is 3. The van der Waals surface area contributed by atoms with Crippen LogP contribution >= 0.6 is 19.2 Å². The van der Waals surface area contributed by atoms with Gasteiger partial charge in [-0.15, -0.1) is 0 Å². The zero-order valence-corrected chi connectivity index (χ0v) is 17.3. The molecule has 1 aliphatic rings. The van der Waals surface area contributed by atoms with Crippen LogP contribution in [0.2, 0.25) is 0 Å². The third-order valence-electron chi connectivity index (χ3n) is 3.60. The van der Waals surface area contributed by atoms with Crippen LogP contribution in [0.4, 0.5) is 0 Å². The third kappa shape index (κ3) is 7.76. The average molecular weight is 414 g/mol. The molecule has 1 heterocycles. The van der Waals surface area contributed by atoms with E-state index in [1.54, 1.807) is 6.26 Å². The normalized spacial score (nSPS) is 20.9. The monoisotopic (exact) mass is 414 g/mol. The Morgan fingerprint density at radius 1 is 1.24 bits per heavy atom. The van der Waals surface area contributed by atoms with Crippen LogP contribution in [-0.4, -0.2) is 75.2 Å². The molecule has 0 spiro atoms. The van der Waals surface area contributed by atoms with Crippen molar-refractivity contribution in [2.75, 3.05) is 44.9 Å². The summed E-state index contributed by atoms with van der Waals surface area (Å²) in [5.41, 5.74) is 0. The number of thioether (sulfide) groups is 1. The van der Waals surface area contributed by atoms with Crippen molar-refractivity contribution in [3.05, 3.63) is 0 Å². The Hall–Kier alpha value is -0.450. The molecule has 0 aromatic carbocycles. The van der Waals surface area contributed by atoms with E-state index < -0.39 is 17.5 Å². The second-order valence-electron chi connectivity index (χ2n) is 5.76. The number of hydrogen-bond acceptors (Lipinski definition) is 6. The third-order valence-corrected chi connectivity index (χ3v) is 7.59. The molecule has 146 valence electrons. The van der Waals surface area contributed by atoms with Gasteiger partial charge in [0, 0.05) is 38.8 Å². The maximum absolute atomic E-state index is 12.9. The number of sulfonamides is 1. The molecule has 2 amide bonds. The molecule has 2 atom stereocenters. The van der Waals surface area contributed by atoms with Gasteiger partial charge in [-0.2, -0.15) is 11.8 Å². The van der Waals surface area contributed by atoms with E-state index in [-0.39, 0.29) is 49.3 Å². The van der Waals surface area contributed by atoms with Gasteiger partial charge in [-0.25, -0.2) is 13.1 Å². The molecule has 0 aromatic heterocycles.